The lowest BCUT2D eigenvalue weighted by Gasteiger charge is -2.15. The molecule has 6 bridgehead atoms. The number of fused-ring (bicyclic) bond motifs is 7. The Bertz CT molecular complexity index is 1200. The highest BCUT2D eigenvalue weighted by atomic mass is 16.5. The van der Waals surface area contributed by atoms with Crippen molar-refractivity contribution in [2.75, 3.05) is 38.1 Å². The largest absolute Gasteiger partial charge is 0.493 e. The van der Waals surface area contributed by atoms with Crippen molar-refractivity contribution < 1.29 is 12.4 Å². The molecule has 0 aliphatic carbocycles. The molecule has 2 N–H and O–H groups in total. The number of carbonyl (C=O) groups excluding carboxylic acids is 1. The molecular formula is C29H39N5O2. The van der Waals surface area contributed by atoms with E-state index >= 15 is 0 Å². The van der Waals surface area contributed by atoms with Crippen molar-refractivity contribution in [3.05, 3.63) is 71.9 Å². The van der Waals surface area contributed by atoms with E-state index in [2.05, 4.69) is 31.6 Å². The van der Waals surface area contributed by atoms with Gasteiger partial charge in [-0.2, -0.15) is 0 Å². The fourth-order valence-corrected chi connectivity index (χ4v) is 4.31. The van der Waals surface area contributed by atoms with Gasteiger partial charge < -0.3 is 20.3 Å². The van der Waals surface area contributed by atoms with Crippen molar-refractivity contribution in [3.63, 3.8) is 0 Å². The van der Waals surface area contributed by atoms with E-state index in [-0.39, 0.29) is 8.76 Å². The highest BCUT2D eigenvalue weighted by Gasteiger charge is 2.13. The second-order valence-electron chi connectivity index (χ2n) is 8.61. The number of rotatable bonds is 4. The molecule has 3 aromatic rings. The van der Waals surface area contributed by atoms with Crippen molar-refractivity contribution in [3.8, 4) is 17.0 Å². The summed E-state index contributed by atoms with van der Waals surface area (Å²) in [5.74, 6) is 1.20. The Morgan fingerprint density at radius 2 is 2.00 bits per heavy atom. The quantitative estimate of drug-likeness (QED) is 0.466. The minimum absolute atomic E-state index is 0. The summed E-state index contributed by atoms with van der Waals surface area (Å²) in [5.41, 5.74) is 4.06. The summed E-state index contributed by atoms with van der Waals surface area (Å²) in [5, 5.41) is 6.35. The number of anilines is 2. The van der Waals surface area contributed by atoms with E-state index in [1.807, 2.05) is 68.5 Å². The molecule has 1 fully saturated rings. The number of hydrogen-bond acceptors (Lipinski definition) is 6. The van der Waals surface area contributed by atoms with Crippen LogP contribution in [0.25, 0.3) is 17.3 Å². The smallest absolute Gasteiger partial charge is 0.251 e. The summed E-state index contributed by atoms with van der Waals surface area (Å²) < 4.78 is 5.92. The molecule has 0 spiro atoms. The lowest BCUT2D eigenvalue weighted by molar-refractivity contribution is 0.0949. The van der Waals surface area contributed by atoms with E-state index in [0.29, 0.717) is 24.7 Å². The highest BCUT2D eigenvalue weighted by molar-refractivity contribution is 5.96. The van der Waals surface area contributed by atoms with Crippen LogP contribution in [0.5, 0.6) is 5.75 Å². The summed E-state index contributed by atoms with van der Waals surface area (Å²) >= 11 is 0. The fraction of sp³-hybridized carbons (Fsp3) is 0.345. The van der Waals surface area contributed by atoms with E-state index in [1.165, 1.54) is 12.8 Å². The summed E-state index contributed by atoms with van der Waals surface area (Å²) in [6.07, 6.45) is 9.06. The van der Waals surface area contributed by atoms with Gasteiger partial charge in [0.1, 0.15) is 5.75 Å². The van der Waals surface area contributed by atoms with Gasteiger partial charge in [-0.1, -0.05) is 38.1 Å². The van der Waals surface area contributed by atoms with E-state index in [0.717, 1.165) is 54.3 Å². The normalized spacial score (nSPS) is 15.7. The van der Waals surface area contributed by atoms with Crippen LogP contribution in [0.1, 0.15) is 51.9 Å². The van der Waals surface area contributed by atoms with Crippen LogP contribution in [-0.4, -0.2) is 53.6 Å². The van der Waals surface area contributed by atoms with E-state index in [9.17, 15) is 4.79 Å². The number of likely N-dealkylation sites (tertiary alicyclic amines) is 1. The van der Waals surface area contributed by atoms with Crippen LogP contribution in [0.2, 0.25) is 0 Å². The van der Waals surface area contributed by atoms with Crippen molar-refractivity contribution in [2.24, 2.45) is 0 Å². The SMILES string of the molecule is CC.O=C(NCCN1CCCC1)c1cc2cc(c1)Nc1nccc(n1)-c1cccc(c1)OCC/C=C\2.[HH].[HH]. The Kier molecular flexibility index (Phi) is 9.05. The third kappa shape index (κ3) is 6.92. The fourth-order valence-electron chi connectivity index (χ4n) is 4.31. The van der Waals surface area contributed by atoms with Crippen molar-refractivity contribution in [1.29, 1.82) is 0 Å². The third-order valence-corrected chi connectivity index (χ3v) is 6.03. The first-order chi connectivity index (χ1) is 17.7. The second kappa shape index (κ2) is 12.8. The lowest BCUT2D eigenvalue weighted by atomic mass is 10.1. The van der Waals surface area contributed by atoms with Gasteiger partial charge in [0.2, 0.25) is 5.95 Å². The number of aromatic nitrogens is 2. The summed E-state index contributed by atoms with van der Waals surface area (Å²) in [6, 6.07) is 15.5. The van der Waals surface area contributed by atoms with Gasteiger partial charge in [0.25, 0.3) is 5.91 Å². The van der Waals surface area contributed by atoms with E-state index in [4.69, 9.17) is 4.74 Å². The molecule has 0 saturated carbocycles. The zero-order chi connectivity index (χ0) is 25.2. The molecule has 7 nitrogen and oxygen atoms in total. The Balaban J connectivity index is 0.00000124. The number of hydrogen-bond donors (Lipinski definition) is 2. The number of carbonyl (C=O) groups is 1. The maximum absolute atomic E-state index is 12.9. The van der Waals surface area contributed by atoms with Crippen LogP contribution >= 0.6 is 0 Å². The number of nitrogens with zero attached hydrogens (tertiary/aromatic N) is 3. The summed E-state index contributed by atoms with van der Waals surface area (Å²) in [6.45, 7) is 8.34. The molecular weight excluding hydrogens is 450 g/mol. The van der Waals surface area contributed by atoms with Gasteiger partial charge >= 0.3 is 0 Å². The molecule has 2 aromatic carbocycles. The average Bonchev–Trinajstić information content (AvgIpc) is 3.43. The molecule has 1 amide bonds. The van der Waals surface area contributed by atoms with Gasteiger partial charge in [-0.15, -0.1) is 0 Å². The Labute approximate surface area is 216 Å². The molecule has 0 unspecified atom stereocenters. The molecule has 192 valence electrons. The van der Waals surface area contributed by atoms with Crippen LogP contribution in [0.15, 0.2) is 60.8 Å². The molecule has 0 radical (unpaired) electrons. The van der Waals surface area contributed by atoms with Gasteiger partial charge in [-0.25, -0.2) is 9.97 Å². The maximum atomic E-state index is 12.9. The Hall–Kier alpha value is -3.71. The second-order valence-corrected chi connectivity index (χ2v) is 8.61. The predicted octanol–water partition coefficient (Wildman–Crippen LogP) is 6.03. The van der Waals surface area contributed by atoms with Crippen LogP contribution in [0, 0.1) is 0 Å². The molecule has 0 atom stereocenters. The van der Waals surface area contributed by atoms with Crippen LogP contribution in [0.4, 0.5) is 11.6 Å². The minimum atomic E-state index is -0.0792. The molecule has 36 heavy (non-hydrogen) atoms. The molecule has 3 heterocycles. The molecule has 2 aliphatic heterocycles. The van der Waals surface area contributed by atoms with Gasteiger partial charge in [0.15, 0.2) is 0 Å². The number of amides is 1. The van der Waals surface area contributed by atoms with E-state index in [1.54, 1.807) is 6.20 Å². The van der Waals surface area contributed by atoms with Crippen LogP contribution in [-0.2, 0) is 0 Å². The third-order valence-electron chi connectivity index (χ3n) is 6.03. The first kappa shape index (κ1) is 25.4. The summed E-state index contributed by atoms with van der Waals surface area (Å²) in [4.78, 5) is 24.4. The topological polar surface area (TPSA) is 79.4 Å². The lowest BCUT2D eigenvalue weighted by Crippen LogP contribution is -2.33. The zero-order valence-corrected chi connectivity index (χ0v) is 21.2. The predicted molar refractivity (Wildman–Crippen MR) is 150 cm³/mol. The molecule has 2 aliphatic rings. The number of nitrogens with one attached hydrogen (secondary N) is 2. The first-order valence-corrected chi connectivity index (χ1v) is 12.9. The van der Waals surface area contributed by atoms with Crippen molar-refractivity contribution in [1.82, 2.24) is 20.2 Å². The molecule has 1 saturated heterocycles. The van der Waals surface area contributed by atoms with Gasteiger partial charge in [-0.3, -0.25) is 4.79 Å². The van der Waals surface area contributed by atoms with Gasteiger partial charge in [-0.05, 0) is 74.3 Å². The average molecular weight is 490 g/mol. The van der Waals surface area contributed by atoms with Crippen LogP contribution < -0.4 is 15.4 Å². The van der Waals surface area contributed by atoms with Crippen molar-refractivity contribution >= 4 is 23.6 Å². The van der Waals surface area contributed by atoms with E-state index < -0.39 is 0 Å². The molecule has 1 aromatic heterocycles. The number of ether oxygens (including phenoxy) is 1. The monoisotopic (exact) mass is 489 g/mol. The van der Waals surface area contributed by atoms with Gasteiger partial charge in [0.05, 0.1) is 12.3 Å². The highest BCUT2D eigenvalue weighted by Crippen LogP contribution is 2.25. The van der Waals surface area contributed by atoms with Crippen LogP contribution in [0.3, 0.4) is 0 Å². The molecule has 5 rings (SSSR count). The van der Waals surface area contributed by atoms with Crippen molar-refractivity contribution in [2.45, 2.75) is 33.1 Å². The Morgan fingerprint density at radius 3 is 2.86 bits per heavy atom. The summed E-state index contributed by atoms with van der Waals surface area (Å²) in [7, 11) is 0. The molecule has 7 heteroatoms. The standard InChI is InChI=1S/C27H29N5O2.C2H6.2H2/c33-26(28-11-14-32-12-2-3-13-32)22-16-20-6-1-4-15-34-24-8-5-7-21(19-24)25-9-10-29-27(31-25)30-23(17-20)18-22;1-2;;/h1,5-10,16-19H,2-4,11-15H2,(H,28,33)(H,29,30,31);1-2H3;2*1H/b6-1-;;;. The Morgan fingerprint density at radius 1 is 1.14 bits per heavy atom. The zero-order valence-electron chi connectivity index (χ0n) is 21.2. The maximum Gasteiger partial charge on any atom is 0.251 e. The van der Waals surface area contributed by atoms with Gasteiger partial charge in [0, 0.05) is 39.0 Å². The number of benzene rings is 2. The first-order valence-electron chi connectivity index (χ1n) is 12.9. The minimum Gasteiger partial charge on any atom is -0.493 e.